The van der Waals surface area contributed by atoms with Gasteiger partial charge in [-0.2, -0.15) is 10.1 Å². The lowest BCUT2D eigenvalue weighted by Gasteiger charge is -2.19. The molecule has 0 aromatic carbocycles. The zero-order valence-electron chi connectivity index (χ0n) is 11.6. The van der Waals surface area contributed by atoms with E-state index in [1.807, 2.05) is 20.8 Å². The Hall–Kier alpha value is -1.89. The number of nitrogens with zero attached hydrogens (tertiary/aromatic N) is 3. The summed E-state index contributed by atoms with van der Waals surface area (Å²) in [6.07, 6.45) is 0.999. The number of hydrogen-bond acceptors (Lipinski definition) is 5. The Labute approximate surface area is 110 Å². The predicted octanol–water partition coefficient (Wildman–Crippen LogP) is 0.667. The van der Waals surface area contributed by atoms with Crippen LogP contribution in [0.4, 0.5) is 5.95 Å². The topological polar surface area (TPSA) is 95.8 Å². The minimum Gasteiger partial charge on any atom is -0.392 e. The van der Waals surface area contributed by atoms with Crippen molar-refractivity contribution in [2.75, 3.05) is 11.9 Å². The number of anilines is 1. The monoisotopic (exact) mass is 265 g/mol. The lowest BCUT2D eigenvalue weighted by atomic mass is 10.1. The van der Waals surface area contributed by atoms with Crippen LogP contribution in [0, 0.1) is 0 Å². The fourth-order valence-corrected chi connectivity index (χ4v) is 1.74. The molecule has 104 valence electrons. The highest BCUT2D eigenvalue weighted by molar-refractivity contribution is 5.74. The number of rotatable bonds is 3. The molecule has 2 heterocycles. The van der Waals surface area contributed by atoms with Gasteiger partial charge in [0.15, 0.2) is 5.65 Å². The van der Waals surface area contributed by atoms with Gasteiger partial charge >= 0.3 is 0 Å². The average Bonchev–Trinajstić information content (AvgIpc) is 2.70. The highest BCUT2D eigenvalue weighted by atomic mass is 16.3. The molecular formula is C12H19N5O2. The van der Waals surface area contributed by atoms with Gasteiger partial charge in [0.2, 0.25) is 5.95 Å². The number of aliphatic hydroxyl groups excluding tert-OH is 1. The summed E-state index contributed by atoms with van der Waals surface area (Å²) >= 11 is 0. The number of hydrogen-bond donors (Lipinski definition) is 3. The zero-order valence-corrected chi connectivity index (χ0v) is 11.6. The second-order valence-electron chi connectivity index (χ2n) is 5.61. The molecule has 2 aromatic rings. The first kappa shape index (κ1) is 13.5. The Bertz CT molecular complexity index is 636. The Kier molecular flexibility index (Phi) is 3.32. The summed E-state index contributed by atoms with van der Waals surface area (Å²) in [5.41, 5.74) is 0.0299. The minimum absolute atomic E-state index is 0.242. The molecule has 0 aliphatic heterocycles. The SMILES string of the molecule is CC(O)CNc1nc2c(cnn2C(C)(C)C)c(=O)[nH]1. The summed E-state index contributed by atoms with van der Waals surface area (Å²) in [7, 11) is 0. The van der Waals surface area contributed by atoms with Crippen molar-refractivity contribution < 1.29 is 5.11 Å². The van der Waals surface area contributed by atoms with Gasteiger partial charge in [0.1, 0.15) is 5.39 Å². The normalized spacial score (nSPS) is 13.7. The molecule has 1 atom stereocenters. The second kappa shape index (κ2) is 4.65. The molecule has 0 saturated heterocycles. The van der Waals surface area contributed by atoms with Gasteiger partial charge in [-0.3, -0.25) is 9.78 Å². The van der Waals surface area contributed by atoms with E-state index in [2.05, 4.69) is 20.4 Å². The number of H-pyrrole nitrogens is 1. The van der Waals surface area contributed by atoms with Gasteiger partial charge in [-0.05, 0) is 27.7 Å². The van der Waals surface area contributed by atoms with E-state index in [4.69, 9.17) is 0 Å². The van der Waals surface area contributed by atoms with Crippen LogP contribution in [-0.2, 0) is 5.54 Å². The van der Waals surface area contributed by atoms with E-state index in [9.17, 15) is 9.90 Å². The first-order valence-electron chi connectivity index (χ1n) is 6.19. The molecule has 0 radical (unpaired) electrons. The van der Waals surface area contributed by atoms with Crippen molar-refractivity contribution in [3.63, 3.8) is 0 Å². The predicted molar refractivity (Wildman–Crippen MR) is 73.3 cm³/mol. The molecule has 19 heavy (non-hydrogen) atoms. The van der Waals surface area contributed by atoms with E-state index in [0.29, 0.717) is 23.5 Å². The maximum Gasteiger partial charge on any atom is 0.263 e. The number of aliphatic hydroxyl groups is 1. The van der Waals surface area contributed by atoms with Crippen LogP contribution in [0.1, 0.15) is 27.7 Å². The molecule has 7 heteroatoms. The quantitative estimate of drug-likeness (QED) is 0.758. The second-order valence-corrected chi connectivity index (χ2v) is 5.61. The third-order valence-electron chi connectivity index (χ3n) is 2.64. The van der Waals surface area contributed by atoms with Crippen LogP contribution in [0.25, 0.3) is 11.0 Å². The molecule has 1 unspecified atom stereocenters. The van der Waals surface area contributed by atoms with Crippen molar-refractivity contribution in [2.45, 2.75) is 39.3 Å². The molecule has 0 bridgehead atoms. The Morgan fingerprint density at radius 2 is 2.21 bits per heavy atom. The van der Waals surface area contributed by atoms with Crippen LogP contribution >= 0.6 is 0 Å². The summed E-state index contributed by atoms with van der Waals surface area (Å²) in [5.74, 6) is 0.337. The summed E-state index contributed by atoms with van der Waals surface area (Å²) < 4.78 is 1.71. The van der Waals surface area contributed by atoms with Crippen molar-refractivity contribution in [2.24, 2.45) is 0 Å². The minimum atomic E-state index is -0.520. The van der Waals surface area contributed by atoms with Gasteiger partial charge in [0, 0.05) is 6.54 Å². The maximum absolute atomic E-state index is 11.9. The summed E-state index contributed by atoms with van der Waals surface area (Å²) in [6, 6.07) is 0. The average molecular weight is 265 g/mol. The molecule has 0 amide bonds. The lowest BCUT2D eigenvalue weighted by Crippen LogP contribution is -2.25. The van der Waals surface area contributed by atoms with E-state index in [1.165, 1.54) is 6.20 Å². The van der Waals surface area contributed by atoms with E-state index in [0.717, 1.165) is 0 Å². The fourth-order valence-electron chi connectivity index (χ4n) is 1.74. The summed E-state index contributed by atoms with van der Waals surface area (Å²) in [5, 5.41) is 16.8. The molecule has 2 aromatic heterocycles. The van der Waals surface area contributed by atoms with E-state index in [-0.39, 0.29) is 11.1 Å². The van der Waals surface area contributed by atoms with Crippen LogP contribution in [-0.4, -0.2) is 37.5 Å². The largest absolute Gasteiger partial charge is 0.392 e. The first-order chi connectivity index (χ1) is 8.79. The third-order valence-corrected chi connectivity index (χ3v) is 2.64. The highest BCUT2D eigenvalue weighted by Crippen LogP contribution is 2.18. The standard InChI is InChI=1S/C12H19N5O2/c1-7(18)5-13-11-15-9-8(10(19)16-11)6-14-17(9)12(2,3)4/h6-7,18H,5H2,1-4H3,(H2,13,15,16,19). The Morgan fingerprint density at radius 1 is 1.53 bits per heavy atom. The molecule has 0 fully saturated rings. The van der Waals surface area contributed by atoms with E-state index < -0.39 is 6.10 Å². The molecule has 3 N–H and O–H groups in total. The first-order valence-corrected chi connectivity index (χ1v) is 6.19. The Morgan fingerprint density at radius 3 is 2.79 bits per heavy atom. The van der Waals surface area contributed by atoms with Crippen molar-refractivity contribution >= 4 is 17.0 Å². The van der Waals surface area contributed by atoms with E-state index >= 15 is 0 Å². The van der Waals surface area contributed by atoms with Gasteiger partial charge in [-0.15, -0.1) is 0 Å². The van der Waals surface area contributed by atoms with Crippen LogP contribution in [0.5, 0.6) is 0 Å². The van der Waals surface area contributed by atoms with Gasteiger partial charge in [-0.25, -0.2) is 4.68 Å². The molecule has 7 nitrogen and oxygen atoms in total. The lowest BCUT2D eigenvalue weighted by molar-refractivity contribution is 0.208. The maximum atomic E-state index is 11.9. The fraction of sp³-hybridized carbons (Fsp3) is 0.583. The number of aromatic nitrogens is 4. The Balaban J connectivity index is 2.50. The summed E-state index contributed by atoms with van der Waals surface area (Å²) in [6.45, 7) is 7.95. The van der Waals surface area contributed by atoms with Crippen LogP contribution in [0.15, 0.2) is 11.0 Å². The van der Waals surface area contributed by atoms with Crippen LogP contribution < -0.4 is 10.9 Å². The smallest absolute Gasteiger partial charge is 0.263 e. The van der Waals surface area contributed by atoms with Crippen LogP contribution in [0.3, 0.4) is 0 Å². The summed E-state index contributed by atoms with van der Waals surface area (Å²) in [4.78, 5) is 18.9. The van der Waals surface area contributed by atoms with Gasteiger partial charge < -0.3 is 10.4 Å². The highest BCUT2D eigenvalue weighted by Gasteiger charge is 2.19. The number of aromatic amines is 1. The van der Waals surface area contributed by atoms with Crippen molar-refractivity contribution in [1.82, 2.24) is 19.7 Å². The molecule has 0 spiro atoms. The van der Waals surface area contributed by atoms with Crippen molar-refractivity contribution in [1.29, 1.82) is 0 Å². The van der Waals surface area contributed by atoms with Gasteiger partial charge in [0.05, 0.1) is 17.8 Å². The number of fused-ring (bicyclic) bond motifs is 1. The van der Waals surface area contributed by atoms with Gasteiger partial charge in [0.25, 0.3) is 5.56 Å². The number of nitrogens with one attached hydrogen (secondary N) is 2. The molecular weight excluding hydrogens is 246 g/mol. The molecule has 0 aliphatic rings. The zero-order chi connectivity index (χ0) is 14.2. The molecule has 2 rings (SSSR count). The third kappa shape index (κ3) is 2.76. The van der Waals surface area contributed by atoms with E-state index in [1.54, 1.807) is 11.6 Å². The van der Waals surface area contributed by atoms with Gasteiger partial charge in [-0.1, -0.05) is 0 Å². The van der Waals surface area contributed by atoms with Crippen molar-refractivity contribution in [3.05, 3.63) is 16.6 Å². The van der Waals surface area contributed by atoms with Crippen LogP contribution in [0.2, 0.25) is 0 Å². The van der Waals surface area contributed by atoms with Crippen molar-refractivity contribution in [3.8, 4) is 0 Å². The molecule has 0 aliphatic carbocycles. The molecule has 0 saturated carbocycles.